The van der Waals surface area contributed by atoms with Gasteiger partial charge < -0.3 is 10.2 Å². The van der Waals surface area contributed by atoms with Gasteiger partial charge in [0.15, 0.2) is 0 Å². The van der Waals surface area contributed by atoms with Gasteiger partial charge in [0.1, 0.15) is 9.84 Å². The van der Waals surface area contributed by atoms with E-state index in [4.69, 9.17) is 10.2 Å². The van der Waals surface area contributed by atoms with Crippen LogP contribution in [-0.2, 0) is 9.84 Å². The van der Waals surface area contributed by atoms with E-state index in [1.807, 2.05) is 0 Å². The van der Waals surface area contributed by atoms with Crippen molar-refractivity contribution >= 4 is 9.84 Å². The Bertz CT molecular complexity index is 254. The maximum atomic E-state index is 10.8. The van der Waals surface area contributed by atoms with Gasteiger partial charge in [-0.15, -0.1) is 0 Å². The number of hydrogen-bond donors (Lipinski definition) is 2. The summed E-state index contributed by atoms with van der Waals surface area (Å²) < 4.78 is 21.6. The second kappa shape index (κ2) is 3.91. The minimum atomic E-state index is -2.95. The molecular weight excluding hydrogens is 194 g/mol. The van der Waals surface area contributed by atoms with Crippen LogP contribution in [0.2, 0.25) is 0 Å². The Morgan fingerprint density at radius 2 is 1.77 bits per heavy atom. The first kappa shape index (κ1) is 10.9. The lowest BCUT2D eigenvalue weighted by Crippen LogP contribution is -2.28. The summed E-state index contributed by atoms with van der Waals surface area (Å²) in [5.74, 6) is 0.0758. The Labute approximate surface area is 77.9 Å². The summed E-state index contributed by atoms with van der Waals surface area (Å²) in [6.45, 7) is 1.10. The molecule has 0 spiro atoms. The largest absolute Gasteiger partial charge is 0.389 e. The molecule has 0 aromatic rings. The molecule has 1 heterocycles. The summed E-state index contributed by atoms with van der Waals surface area (Å²) in [6, 6.07) is 0. The minimum absolute atomic E-state index is 0.0758. The number of hydrogen-bond acceptors (Lipinski definition) is 5. The fourth-order valence-electron chi connectivity index (χ4n) is 1.32. The van der Waals surface area contributed by atoms with Crippen LogP contribution in [0.4, 0.5) is 0 Å². The van der Waals surface area contributed by atoms with Crippen molar-refractivity contribution in [3.05, 3.63) is 0 Å². The number of rotatable bonds is 3. The highest BCUT2D eigenvalue weighted by atomic mass is 32.2. The van der Waals surface area contributed by atoms with Gasteiger partial charge in [0, 0.05) is 25.9 Å². The van der Waals surface area contributed by atoms with Crippen LogP contribution in [0.25, 0.3) is 0 Å². The molecule has 5 nitrogen and oxygen atoms in total. The van der Waals surface area contributed by atoms with Crippen LogP contribution in [0.15, 0.2) is 0 Å². The Hall–Kier alpha value is -0.170. The zero-order valence-electron chi connectivity index (χ0n) is 7.55. The summed E-state index contributed by atoms with van der Waals surface area (Å²) in [7, 11) is -2.95. The molecule has 1 rings (SSSR count). The average Bonchev–Trinajstić information content (AvgIpc) is 2.27. The van der Waals surface area contributed by atoms with Crippen LogP contribution in [0.5, 0.6) is 0 Å². The Balaban J connectivity index is 2.33. The molecule has 1 aliphatic heterocycles. The van der Waals surface area contributed by atoms with E-state index in [0.29, 0.717) is 19.6 Å². The van der Waals surface area contributed by atoms with Crippen LogP contribution < -0.4 is 0 Å². The van der Waals surface area contributed by atoms with Crippen molar-refractivity contribution in [3.63, 3.8) is 0 Å². The maximum absolute atomic E-state index is 10.8. The molecule has 2 unspecified atom stereocenters. The van der Waals surface area contributed by atoms with Crippen LogP contribution in [-0.4, -0.2) is 67.4 Å². The predicted molar refractivity (Wildman–Crippen MR) is 48.2 cm³/mol. The SMILES string of the molecule is CS(=O)(=O)CCN1CC(O)C(O)C1. The fraction of sp³-hybridized carbons (Fsp3) is 1.00. The Morgan fingerprint density at radius 3 is 2.15 bits per heavy atom. The van der Waals surface area contributed by atoms with Crippen molar-refractivity contribution in [2.24, 2.45) is 0 Å². The van der Waals surface area contributed by atoms with E-state index in [2.05, 4.69) is 0 Å². The summed E-state index contributed by atoms with van der Waals surface area (Å²) in [5, 5.41) is 18.3. The van der Waals surface area contributed by atoms with Gasteiger partial charge in [-0.25, -0.2) is 8.42 Å². The highest BCUT2D eigenvalue weighted by molar-refractivity contribution is 7.90. The molecule has 0 saturated carbocycles. The molecule has 2 atom stereocenters. The lowest BCUT2D eigenvalue weighted by Gasteiger charge is -2.12. The van der Waals surface area contributed by atoms with E-state index in [1.54, 1.807) is 4.90 Å². The van der Waals surface area contributed by atoms with Crippen LogP contribution in [0.1, 0.15) is 0 Å². The van der Waals surface area contributed by atoms with Gasteiger partial charge in [-0.05, 0) is 0 Å². The molecule has 6 heteroatoms. The summed E-state index contributed by atoms with van der Waals surface area (Å²) >= 11 is 0. The predicted octanol–water partition coefficient (Wildman–Crippen LogP) is -1.93. The summed E-state index contributed by atoms with van der Waals surface area (Å²) in [6.07, 6.45) is -0.297. The number of nitrogens with zero attached hydrogens (tertiary/aromatic N) is 1. The minimum Gasteiger partial charge on any atom is -0.389 e. The highest BCUT2D eigenvalue weighted by Crippen LogP contribution is 2.09. The number of sulfone groups is 1. The molecule has 0 aromatic heterocycles. The molecule has 1 saturated heterocycles. The molecule has 0 radical (unpaired) electrons. The Kier molecular flexibility index (Phi) is 3.28. The lowest BCUT2D eigenvalue weighted by atomic mass is 10.3. The van der Waals surface area contributed by atoms with Gasteiger partial charge >= 0.3 is 0 Å². The molecule has 0 aromatic carbocycles. The van der Waals surface area contributed by atoms with Crippen LogP contribution in [0.3, 0.4) is 0 Å². The third kappa shape index (κ3) is 3.60. The van der Waals surface area contributed by atoms with E-state index in [9.17, 15) is 8.42 Å². The number of aliphatic hydroxyl groups excluding tert-OH is 2. The Morgan fingerprint density at radius 1 is 1.31 bits per heavy atom. The van der Waals surface area contributed by atoms with Gasteiger partial charge in [-0.1, -0.05) is 0 Å². The monoisotopic (exact) mass is 209 g/mol. The molecule has 0 aliphatic carbocycles. The van der Waals surface area contributed by atoms with Crippen molar-refractivity contribution < 1.29 is 18.6 Å². The van der Waals surface area contributed by atoms with E-state index in [-0.39, 0.29) is 5.75 Å². The van der Waals surface area contributed by atoms with Gasteiger partial charge in [0.25, 0.3) is 0 Å². The van der Waals surface area contributed by atoms with E-state index in [0.717, 1.165) is 0 Å². The zero-order valence-corrected chi connectivity index (χ0v) is 8.37. The standard InChI is InChI=1S/C7H15NO4S/c1-13(11,12)3-2-8-4-6(9)7(10)5-8/h6-7,9-10H,2-5H2,1H3. The molecule has 78 valence electrons. The van der Waals surface area contributed by atoms with Gasteiger partial charge in [0.05, 0.1) is 18.0 Å². The highest BCUT2D eigenvalue weighted by Gasteiger charge is 2.29. The molecule has 2 N–H and O–H groups in total. The van der Waals surface area contributed by atoms with E-state index >= 15 is 0 Å². The molecule has 0 bridgehead atoms. The number of aliphatic hydroxyl groups is 2. The van der Waals surface area contributed by atoms with Crippen LogP contribution in [0, 0.1) is 0 Å². The fourth-order valence-corrected chi connectivity index (χ4v) is 1.91. The van der Waals surface area contributed by atoms with Gasteiger partial charge in [0.2, 0.25) is 0 Å². The van der Waals surface area contributed by atoms with Gasteiger partial charge in [-0.3, -0.25) is 4.90 Å². The smallest absolute Gasteiger partial charge is 0.148 e. The van der Waals surface area contributed by atoms with Crippen molar-refractivity contribution in [2.45, 2.75) is 12.2 Å². The molecule has 1 aliphatic rings. The summed E-state index contributed by atoms with van der Waals surface area (Å²) in [4.78, 5) is 1.75. The topological polar surface area (TPSA) is 77.8 Å². The third-order valence-corrected chi connectivity index (χ3v) is 3.04. The second-order valence-electron chi connectivity index (χ2n) is 3.52. The zero-order chi connectivity index (χ0) is 10.1. The van der Waals surface area contributed by atoms with Crippen molar-refractivity contribution in [1.29, 1.82) is 0 Å². The lowest BCUT2D eigenvalue weighted by molar-refractivity contribution is 0.0572. The average molecular weight is 209 g/mol. The first-order valence-electron chi connectivity index (χ1n) is 4.15. The number of β-amino-alcohol motifs (C(OH)–C–C–N with tert-alkyl or cyclic N) is 2. The first-order chi connectivity index (χ1) is 5.88. The third-order valence-electron chi connectivity index (χ3n) is 2.11. The number of likely N-dealkylation sites (tertiary alicyclic amines) is 1. The van der Waals surface area contributed by atoms with Crippen molar-refractivity contribution in [3.8, 4) is 0 Å². The second-order valence-corrected chi connectivity index (χ2v) is 5.78. The first-order valence-corrected chi connectivity index (χ1v) is 6.21. The van der Waals surface area contributed by atoms with E-state index < -0.39 is 22.0 Å². The maximum Gasteiger partial charge on any atom is 0.148 e. The molecule has 13 heavy (non-hydrogen) atoms. The molecular formula is C7H15NO4S. The van der Waals surface area contributed by atoms with Crippen LogP contribution >= 0.6 is 0 Å². The quantitative estimate of drug-likeness (QED) is 0.566. The normalized spacial score (nSPS) is 31.0. The van der Waals surface area contributed by atoms with Crippen molar-refractivity contribution in [2.75, 3.05) is 31.6 Å². The summed E-state index contributed by atoms with van der Waals surface area (Å²) in [5.41, 5.74) is 0. The molecule has 1 fully saturated rings. The van der Waals surface area contributed by atoms with Crippen molar-refractivity contribution in [1.82, 2.24) is 4.90 Å². The van der Waals surface area contributed by atoms with Gasteiger partial charge in [-0.2, -0.15) is 0 Å². The van der Waals surface area contributed by atoms with E-state index in [1.165, 1.54) is 6.26 Å². The molecule has 0 amide bonds.